The number of pyridine rings is 1. The summed E-state index contributed by atoms with van der Waals surface area (Å²) < 4.78 is 20.0. The number of hydrogen-bond donors (Lipinski definition) is 3. The van der Waals surface area contributed by atoms with E-state index in [1.165, 1.54) is 17.4 Å². The molecule has 4 aromatic rings. The third-order valence-corrected chi connectivity index (χ3v) is 7.60. The van der Waals surface area contributed by atoms with Gasteiger partial charge in [0.2, 0.25) is 5.88 Å². The number of thiazole rings is 1. The fourth-order valence-electron chi connectivity index (χ4n) is 4.75. The first kappa shape index (κ1) is 27.9. The number of aryl methyl sites for hydroxylation is 1. The summed E-state index contributed by atoms with van der Waals surface area (Å²) in [6, 6.07) is 12.2. The van der Waals surface area contributed by atoms with E-state index in [9.17, 15) is 23.9 Å². The third-order valence-electron chi connectivity index (χ3n) is 6.83. The second-order valence-corrected chi connectivity index (χ2v) is 10.8. The average Bonchev–Trinajstić information content (AvgIpc) is 3.41. The number of carbonyl (C=O) groups is 3. The summed E-state index contributed by atoms with van der Waals surface area (Å²) in [5.74, 6) is -1.22. The van der Waals surface area contributed by atoms with E-state index in [1.54, 1.807) is 41.8 Å². The lowest BCUT2D eigenvalue weighted by Gasteiger charge is -2.29. The largest absolute Gasteiger partial charge is 0.507 e. The Morgan fingerprint density at radius 1 is 1.05 bits per heavy atom. The van der Waals surface area contributed by atoms with Crippen LogP contribution in [0.15, 0.2) is 60.1 Å². The van der Waals surface area contributed by atoms with Gasteiger partial charge in [-0.2, -0.15) is 0 Å². The summed E-state index contributed by atoms with van der Waals surface area (Å²) in [7, 11) is 0. The second-order valence-electron chi connectivity index (χ2n) is 9.78. The van der Waals surface area contributed by atoms with Gasteiger partial charge < -0.3 is 20.5 Å². The Balaban J connectivity index is 1.24. The van der Waals surface area contributed by atoms with Gasteiger partial charge in [-0.3, -0.25) is 14.4 Å². The number of nitrogens with one attached hydrogen (secondary N) is 2. The lowest BCUT2D eigenvalue weighted by molar-refractivity contribution is 0.0888. The van der Waals surface area contributed by atoms with Crippen LogP contribution in [0.3, 0.4) is 0 Å². The zero-order chi connectivity index (χ0) is 28.9. The van der Waals surface area contributed by atoms with E-state index in [0.717, 1.165) is 17.3 Å². The van der Waals surface area contributed by atoms with Crippen molar-refractivity contribution >= 4 is 29.4 Å². The maximum Gasteiger partial charge on any atom is 0.270 e. The normalized spacial score (nSPS) is 16.5. The predicted molar refractivity (Wildman–Crippen MR) is 151 cm³/mol. The van der Waals surface area contributed by atoms with Gasteiger partial charge in [-0.15, -0.1) is 11.3 Å². The van der Waals surface area contributed by atoms with Gasteiger partial charge in [0, 0.05) is 28.6 Å². The van der Waals surface area contributed by atoms with Gasteiger partial charge >= 0.3 is 0 Å². The number of aromatic nitrogens is 2. The molecule has 0 atom stereocenters. The van der Waals surface area contributed by atoms with Gasteiger partial charge in [0.1, 0.15) is 34.9 Å². The Morgan fingerprint density at radius 3 is 2.44 bits per heavy atom. The van der Waals surface area contributed by atoms with Crippen molar-refractivity contribution in [2.24, 2.45) is 0 Å². The monoisotopic (exact) mass is 574 g/mol. The van der Waals surface area contributed by atoms with Crippen molar-refractivity contribution in [3.63, 3.8) is 0 Å². The Bertz CT molecular complexity index is 1600. The summed E-state index contributed by atoms with van der Waals surface area (Å²) in [5, 5.41) is 18.8. The number of amides is 2. The molecule has 0 spiro atoms. The molecule has 1 aliphatic carbocycles. The predicted octanol–water partition coefficient (Wildman–Crippen LogP) is 5.43. The maximum atomic E-state index is 14.1. The molecule has 0 saturated heterocycles. The molecule has 1 fully saturated rings. The number of nitrogens with zero attached hydrogens (tertiary/aromatic N) is 2. The highest BCUT2D eigenvalue weighted by atomic mass is 32.1. The molecule has 2 heterocycles. The summed E-state index contributed by atoms with van der Waals surface area (Å²) in [5.41, 5.74) is 1.79. The van der Waals surface area contributed by atoms with Crippen molar-refractivity contribution in [3.05, 3.63) is 87.8 Å². The van der Waals surface area contributed by atoms with E-state index >= 15 is 0 Å². The van der Waals surface area contributed by atoms with Crippen LogP contribution in [0.1, 0.15) is 61.9 Å². The van der Waals surface area contributed by atoms with Crippen molar-refractivity contribution in [2.45, 2.75) is 44.7 Å². The minimum atomic E-state index is -0.680. The van der Waals surface area contributed by atoms with Crippen LogP contribution in [0.2, 0.25) is 0 Å². The van der Waals surface area contributed by atoms with Crippen LogP contribution >= 0.6 is 11.3 Å². The van der Waals surface area contributed by atoms with Crippen LogP contribution in [0.5, 0.6) is 17.4 Å². The van der Waals surface area contributed by atoms with Gasteiger partial charge in [0.05, 0.1) is 11.2 Å². The maximum absolute atomic E-state index is 14.1. The van der Waals surface area contributed by atoms with Gasteiger partial charge in [-0.25, -0.2) is 14.4 Å². The van der Waals surface area contributed by atoms with Gasteiger partial charge in [0.25, 0.3) is 11.8 Å². The molecule has 2 aromatic carbocycles. The van der Waals surface area contributed by atoms with E-state index in [1.807, 2.05) is 6.92 Å². The van der Waals surface area contributed by atoms with Gasteiger partial charge in [-0.1, -0.05) is 18.2 Å². The number of hydrogen-bond acceptors (Lipinski definition) is 8. The number of halogens is 1. The Morgan fingerprint density at radius 2 is 1.78 bits per heavy atom. The van der Waals surface area contributed by atoms with Crippen molar-refractivity contribution in [2.75, 3.05) is 0 Å². The molecule has 1 aliphatic rings. The van der Waals surface area contributed by atoms with E-state index in [0.29, 0.717) is 60.1 Å². The number of aldehydes is 1. The highest BCUT2D eigenvalue weighted by Crippen LogP contribution is 2.33. The van der Waals surface area contributed by atoms with E-state index in [-0.39, 0.29) is 35.2 Å². The molecule has 0 unspecified atom stereocenters. The minimum Gasteiger partial charge on any atom is -0.507 e. The van der Waals surface area contributed by atoms with Crippen molar-refractivity contribution in [3.8, 4) is 28.5 Å². The summed E-state index contributed by atoms with van der Waals surface area (Å²) in [6.07, 6.45) is 4.25. The molecular weight excluding hydrogens is 547 g/mol. The molecule has 210 valence electrons. The quantitative estimate of drug-likeness (QED) is 0.239. The molecule has 0 bridgehead atoms. The van der Waals surface area contributed by atoms with E-state index in [4.69, 9.17) is 4.74 Å². The van der Waals surface area contributed by atoms with Gasteiger partial charge in [0.15, 0.2) is 0 Å². The lowest BCUT2D eigenvalue weighted by Crippen LogP contribution is -2.44. The number of ether oxygens (including phenoxy) is 1. The van der Waals surface area contributed by atoms with E-state index in [2.05, 4.69) is 20.6 Å². The van der Waals surface area contributed by atoms with Crippen molar-refractivity contribution in [1.82, 2.24) is 20.6 Å². The highest BCUT2D eigenvalue weighted by Gasteiger charge is 2.26. The fraction of sp³-hybridized carbons (Fsp3) is 0.233. The Labute approximate surface area is 239 Å². The molecule has 3 N–H and O–H groups in total. The van der Waals surface area contributed by atoms with Crippen LogP contribution < -0.4 is 15.4 Å². The number of aromatic hydroxyl groups is 1. The SMILES string of the molecule is Cc1nc(C(=O)NC2CCC(NC(=O)c3cc(F)cnc3Oc3cccc(-c4ccc(C=O)cc4O)c3)CC2)cs1. The van der Waals surface area contributed by atoms with E-state index < -0.39 is 11.7 Å². The summed E-state index contributed by atoms with van der Waals surface area (Å²) in [4.78, 5) is 44.8. The van der Waals surface area contributed by atoms with Crippen LogP contribution in [-0.2, 0) is 0 Å². The molecule has 9 nitrogen and oxygen atoms in total. The molecule has 0 radical (unpaired) electrons. The van der Waals surface area contributed by atoms with Crippen LogP contribution in [0.25, 0.3) is 11.1 Å². The molecule has 41 heavy (non-hydrogen) atoms. The van der Waals surface area contributed by atoms with Crippen LogP contribution in [0.4, 0.5) is 4.39 Å². The molecule has 0 aliphatic heterocycles. The number of rotatable bonds is 8. The molecule has 2 aromatic heterocycles. The molecule has 11 heteroatoms. The van der Waals surface area contributed by atoms with Crippen molar-refractivity contribution < 1.29 is 28.6 Å². The average molecular weight is 575 g/mol. The van der Waals surface area contributed by atoms with Crippen LogP contribution in [0, 0.1) is 12.7 Å². The van der Waals surface area contributed by atoms with Gasteiger partial charge in [-0.05, 0) is 68.5 Å². The highest BCUT2D eigenvalue weighted by molar-refractivity contribution is 7.09. The zero-order valence-corrected chi connectivity index (χ0v) is 22.9. The topological polar surface area (TPSA) is 131 Å². The number of benzene rings is 2. The second kappa shape index (κ2) is 12.3. The molecular formula is C30H27FN4O5S. The van der Waals surface area contributed by atoms with Crippen molar-refractivity contribution in [1.29, 1.82) is 0 Å². The first-order valence-corrected chi connectivity index (χ1v) is 13.9. The Hall–Kier alpha value is -4.64. The number of carbonyl (C=O) groups excluding carboxylic acids is 3. The lowest BCUT2D eigenvalue weighted by atomic mass is 9.91. The Kier molecular flexibility index (Phi) is 8.34. The number of phenols is 1. The molecule has 2 amide bonds. The third kappa shape index (κ3) is 6.75. The summed E-state index contributed by atoms with van der Waals surface area (Å²) >= 11 is 1.42. The number of phenolic OH excluding ortho intramolecular Hbond substituents is 1. The van der Waals surface area contributed by atoms with Crippen LogP contribution in [-0.4, -0.2) is 45.3 Å². The first-order chi connectivity index (χ1) is 19.8. The smallest absolute Gasteiger partial charge is 0.270 e. The molecule has 5 rings (SSSR count). The fourth-order valence-corrected chi connectivity index (χ4v) is 5.34. The first-order valence-electron chi connectivity index (χ1n) is 13.0. The minimum absolute atomic E-state index is 0.0197. The standard InChI is InChI=1S/C30H27FN4O5S/c1-17-33-26(16-41-17)29(39)35-22-8-6-21(7-9-22)34-28(38)25-13-20(31)14-32-30(25)40-23-4-2-3-19(12-23)24-10-5-18(15-36)11-27(24)37/h2-5,10-16,21-22,37H,6-9H2,1H3,(H,34,38)(H,35,39). The zero-order valence-electron chi connectivity index (χ0n) is 22.1. The summed E-state index contributed by atoms with van der Waals surface area (Å²) in [6.45, 7) is 1.85. The molecule has 1 saturated carbocycles.